The quantitative estimate of drug-likeness (QED) is 0.846. The minimum atomic E-state index is -3.55. The minimum Gasteiger partial charge on any atom is -0.326 e. The van der Waals surface area contributed by atoms with E-state index in [0.29, 0.717) is 5.69 Å². The van der Waals surface area contributed by atoms with Crippen LogP contribution < -0.4 is 10.0 Å². The first-order valence-electron chi connectivity index (χ1n) is 7.90. The predicted molar refractivity (Wildman–Crippen MR) is 93.0 cm³/mol. The van der Waals surface area contributed by atoms with E-state index >= 15 is 0 Å². The molecule has 2 N–H and O–H groups in total. The molecule has 0 heterocycles. The fourth-order valence-electron chi connectivity index (χ4n) is 2.33. The number of amides is 1. The van der Waals surface area contributed by atoms with Crippen LogP contribution in [-0.4, -0.2) is 14.3 Å². The number of sulfonamides is 1. The average molecular weight is 344 g/mol. The fourth-order valence-corrected chi connectivity index (χ4v) is 3.35. The third-order valence-electron chi connectivity index (χ3n) is 3.94. The Labute approximate surface area is 142 Å². The Morgan fingerprint density at radius 1 is 1.12 bits per heavy atom. The molecule has 126 valence electrons. The van der Waals surface area contributed by atoms with E-state index in [4.69, 9.17) is 0 Å². The van der Waals surface area contributed by atoms with Crippen LogP contribution in [0.15, 0.2) is 53.4 Å². The molecule has 0 spiro atoms. The highest BCUT2D eigenvalue weighted by atomic mass is 32.2. The van der Waals surface area contributed by atoms with Gasteiger partial charge in [-0.05, 0) is 49.6 Å². The van der Waals surface area contributed by atoms with E-state index in [1.165, 1.54) is 0 Å². The molecule has 0 radical (unpaired) electrons. The zero-order chi connectivity index (χ0) is 17.2. The molecule has 6 heteroatoms. The van der Waals surface area contributed by atoms with Crippen molar-refractivity contribution in [3.05, 3.63) is 59.7 Å². The summed E-state index contributed by atoms with van der Waals surface area (Å²) in [6.45, 7) is 2.08. The van der Waals surface area contributed by atoms with Crippen LogP contribution >= 0.6 is 0 Å². The van der Waals surface area contributed by atoms with Gasteiger partial charge in [0, 0.05) is 18.2 Å². The summed E-state index contributed by atoms with van der Waals surface area (Å²) in [6, 6.07) is 13.9. The highest BCUT2D eigenvalue weighted by Gasteiger charge is 2.29. The monoisotopic (exact) mass is 344 g/mol. The lowest BCUT2D eigenvalue weighted by molar-refractivity contribution is -0.117. The molecule has 0 bridgehead atoms. The Hall–Kier alpha value is -2.18. The molecule has 1 amide bonds. The molecule has 0 atom stereocenters. The van der Waals surface area contributed by atoms with Crippen molar-refractivity contribution in [1.82, 2.24) is 4.72 Å². The summed E-state index contributed by atoms with van der Waals surface area (Å²) in [7, 11) is -3.55. The zero-order valence-corrected chi connectivity index (χ0v) is 14.3. The average Bonchev–Trinajstić information content (AvgIpc) is 3.39. The molecule has 0 unspecified atom stereocenters. The molecular formula is C18H20N2O3S. The number of nitrogens with one attached hydrogen (secondary N) is 2. The van der Waals surface area contributed by atoms with Crippen LogP contribution in [-0.2, 0) is 21.4 Å². The van der Waals surface area contributed by atoms with E-state index in [1.807, 2.05) is 13.0 Å². The summed E-state index contributed by atoms with van der Waals surface area (Å²) in [4.78, 5) is 12.0. The second kappa shape index (κ2) is 6.75. The Kier molecular flexibility index (Phi) is 4.69. The highest BCUT2D eigenvalue weighted by molar-refractivity contribution is 7.89. The van der Waals surface area contributed by atoms with E-state index < -0.39 is 10.0 Å². The van der Waals surface area contributed by atoms with E-state index in [2.05, 4.69) is 10.0 Å². The first-order chi connectivity index (χ1) is 11.4. The molecule has 0 aromatic heterocycles. The van der Waals surface area contributed by atoms with E-state index in [9.17, 15) is 13.2 Å². The summed E-state index contributed by atoms with van der Waals surface area (Å²) in [5.41, 5.74) is 2.49. The summed E-state index contributed by atoms with van der Waals surface area (Å²) in [5.74, 6) is 0.168. The number of hydrogen-bond donors (Lipinski definition) is 2. The van der Waals surface area contributed by atoms with E-state index in [-0.39, 0.29) is 23.3 Å². The summed E-state index contributed by atoms with van der Waals surface area (Å²) in [6.07, 6.45) is 1.89. The topological polar surface area (TPSA) is 75.3 Å². The van der Waals surface area contributed by atoms with E-state index in [0.717, 1.165) is 24.0 Å². The Morgan fingerprint density at radius 3 is 2.50 bits per heavy atom. The van der Waals surface area contributed by atoms with Crippen LogP contribution in [0.3, 0.4) is 0 Å². The lowest BCUT2D eigenvalue weighted by Gasteiger charge is -2.09. The number of anilines is 1. The predicted octanol–water partition coefficient (Wildman–Crippen LogP) is 2.82. The third kappa shape index (κ3) is 4.21. The van der Waals surface area contributed by atoms with Crippen LogP contribution in [0.1, 0.15) is 24.0 Å². The number of benzene rings is 2. The molecule has 1 saturated carbocycles. The van der Waals surface area contributed by atoms with Crippen LogP contribution in [0.5, 0.6) is 0 Å². The third-order valence-corrected chi connectivity index (χ3v) is 5.36. The van der Waals surface area contributed by atoms with Gasteiger partial charge >= 0.3 is 0 Å². The second-order valence-corrected chi connectivity index (χ2v) is 7.87. The van der Waals surface area contributed by atoms with Crippen molar-refractivity contribution in [2.24, 2.45) is 5.92 Å². The smallest absolute Gasteiger partial charge is 0.240 e. The van der Waals surface area contributed by atoms with Gasteiger partial charge in [-0.3, -0.25) is 4.79 Å². The Morgan fingerprint density at radius 2 is 1.83 bits per heavy atom. The van der Waals surface area contributed by atoms with Gasteiger partial charge in [-0.1, -0.05) is 29.8 Å². The number of aryl methyl sites for hydroxylation is 1. The number of hydrogen-bond acceptors (Lipinski definition) is 3. The summed E-state index contributed by atoms with van der Waals surface area (Å²) >= 11 is 0. The molecule has 5 nitrogen and oxygen atoms in total. The summed E-state index contributed by atoms with van der Waals surface area (Å²) in [5, 5.41) is 2.86. The maximum absolute atomic E-state index is 12.3. The summed E-state index contributed by atoms with van der Waals surface area (Å²) < 4.78 is 27.2. The van der Waals surface area contributed by atoms with Crippen LogP contribution in [0.4, 0.5) is 5.69 Å². The van der Waals surface area contributed by atoms with Crippen LogP contribution in [0.25, 0.3) is 0 Å². The molecule has 2 aromatic rings. The maximum atomic E-state index is 12.3. The molecule has 1 aliphatic rings. The first kappa shape index (κ1) is 16.7. The SMILES string of the molecule is Cc1ccc(S(=O)(=O)NCc2cccc(NC(=O)C3CC3)c2)cc1. The second-order valence-electron chi connectivity index (χ2n) is 6.10. The van der Waals surface area contributed by atoms with Crippen molar-refractivity contribution in [3.8, 4) is 0 Å². The fraction of sp³-hybridized carbons (Fsp3) is 0.278. The molecular weight excluding hydrogens is 324 g/mol. The molecule has 1 fully saturated rings. The Balaban J connectivity index is 1.65. The number of carbonyl (C=O) groups is 1. The van der Waals surface area contributed by atoms with E-state index in [1.54, 1.807) is 42.5 Å². The van der Waals surface area contributed by atoms with Gasteiger partial charge in [-0.15, -0.1) is 0 Å². The standard InChI is InChI=1S/C18H20N2O3S/c1-13-5-9-17(10-6-13)24(22,23)19-12-14-3-2-4-16(11-14)20-18(21)15-7-8-15/h2-6,9-11,15,19H,7-8,12H2,1H3,(H,20,21). The number of rotatable bonds is 6. The van der Waals surface area contributed by atoms with Gasteiger partial charge in [0.15, 0.2) is 0 Å². The molecule has 0 saturated heterocycles. The van der Waals surface area contributed by atoms with Crippen molar-refractivity contribution < 1.29 is 13.2 Å². The van der Waals surface area contributed by atoms with Crippen molar-refractivity contribution in [2.45, 2.75) is 31.2 Å². The number of carbonyl (C=O) groups excluding carboxylic acids is 1. The molecule has 2 aromatic carbocycles. The molecule has 3 rings (SSSR count). The van der Waals surface area contributed by atoms with Gasteiger partial charge in [0.1, 0.15) is 0 Å². The largest absolute Gasteiger partial charge is 0.326 e. The van der Waals surface area contributed by atoms with Gasteiger partial charge in [0.05, 0.1) is 4.90 Å². The normalized spacial score (nSPS) is 14.4. The van der Waals surface area contributed by atoms with Crippen molar-refractivity contribution in [1.29, 1.82) is 0 Å². The van der Waals surface area contributed by atoms with Crippen molar-refractivity contribution in [2.75, 3.05) is 5.32 Å². The van der Waals surface area contributed by atoms with Crippen molar-refractivity contribution >= 4 is 21.6 Å². The van der Waals surface area contributed by atoms with Gasteiger partial charge in [0.2, 0.25) is 15.9 Å². The zero-order valence-electron chi connectivity index (χ0n) is 13.5. The van der Waals surface area contributed by atoms with Crippen LogP contribution in [0.2, 0.25) is 0 Å². The van der Waals surface area contributed by atoms with Crippen LogP contribution in [0, 0.1) is 12.8 Å². The Bertz CT molecular complexity index is 841. The van der Waals surface area contributed by atoms with Gasteiger partial charge < -0.3 is 5.32 Å². The molecule has 24 heavy (non-hydrogen) atoms. The lowest BCUT2D eigenvalue weighted by atomic mass is 10.2. The maximum Gasteiger partial charge on any atom is 0.240 e. The first-order valence-corrected chi connectivity index (χ1v) is 9.38. The highest BCUT2D eigenvalue weighted by Crippen LogP contribution is 2.30. The van der Waals surface area contributed by atoms with Gasteiger partial charge in [-0.25, -0.2) is 13.1 Å². The molecule has 0 aliphatic heterocycles. The van der Waals surface area contributed by atoms with Gasteiger partial charge in [-0.2, -0.15) is 0 Å². The van der Waals surface area contributed by atoms with Gasteiger partial charge in [0.25, 0.3) is 0 Å². The molecule has 1 aliphatic carbocycles. The van der Waals surface area contributed by atoms with Crippen molar-refractivity contribution in [3.63, 3.8) is 0 Å². The lowest BCUT2D eigenvalue weighted by Crippen LogP contribution is -2.23. The minimum absolute atomic E-state index is 0.0346.